The van der Waals surface area contributed by atoms with Gasteiger partial charge in [-0.1, -0.05) is 30.3 Å². The van der Waals surface area contributed by atoms with Crippen molar-refractivity contribution in [3.63, 3.8) is 0 Å². The zero-order valence-corrected chi connectivity index (χ0v) is 11.5. The Morgan fingerprint density at radius 3 is 2.75 bits per heavy atom. The van der Waals surface area contributed by atoms with E-state index in [-0.39, 0.29) is 6.03 Å². The smallest absolute Gasteiger partial charge is 0.318 e. The fourth-order valence-electron chi connectivity index (χ4n) is 1.98. The molecule has 1 aromatic carbocycles. The van der Waals surface area contributed by atoms with Gasteiger partial charge in [0.15, 0.2) is 0 Å². The zero-order valence-electron chi connectivity index (χ0n) is 11.5. The van der Waals surface area contributed by atoms with Crippen LogP contribution >= 0.6 is 0 Å². The van der Waals surface area contributed by atoms with Crippen molar-refractivity contribution in [2.24, 2.45) is 0 Å². The quantitative estimate of drug-likeness (QED) is 0.851. The normalized spacial score (nSPS) is 16.2. The molecule has 0 aromatic heterocycles. The number of nitrogens with zero attached hydrogens (tertiary/aromatic N) is 1. The molecule has 20 heavy (non-hydrogen) atoms. The van der Waals surface area contributed by atoms with Crippen LogP contribution in [0, 0.1) is 0 Å². The number of hydrogen-bond acceptors (Lipinski definition) is 3. The van der Waals surface area contributed by atoms with Crippen molar-refractivity contribution in [2.45, 2.75) is 0 Å². The van der Waals surface area contributed by atoms with E-state index < -0.39 is 0 Å². The molecule has 1 saturated heterocycles. The summed E-state index contributed by atoms with van der Waals surface area (Å²) in [4.78, 5) is 13.8. The molecule has 108 valence electrons. The van der Waals surface area contributed by atoms with E-state index in [1.807, 2.05) is 36.4 Å². The van der Waals surface area contributed by atoms with Gasteiger partial charge in [-0.2, -0.15) is 0 Å². The number of rotatable bonds is 5. The van der Waals surface area contributed by atoms with Crippen molar-refractivity contribution >= 4 is 12.1 Å². The van der Waals surface area contributed by atoms with Crippen molar-refractivity contribution in [1.29, 1.82) is 0 Å². The second-order valence-electron chi connectivity index (χ2n) is 4.60. The Morgan fingerprint density at radius 2 is 2.00 bits per heavy atom. The number of morpholine rings is 1. The van der Waals surface area contributed by atoms with Crippen molar-refractivity contribution in [2.75, 3.05) is 39.4 Å². The minimum Gasteiger partial charge on any atom is -0.379 e. The lowest BCUT2D eigenvalue weighted by Gasteiger charge is -2.26. The van der Waals surface area contributed by atoms with Crippen LogP contribution in [0.15, 0.2) is 36.5 Å². The number of benzene rings is 1. The second-order valence-corrected chi connectivity index (χ2v) is 4.60. The van der Waals surface area contributed by atoms with Gasteiger partial charge in [0, 0.05) is 32.4 Å². The number of urea groups is 1. The van der Waals surface area contributed by atoms with Gasteiger partial charge in [0.2, 0.25) is 0 Å². The Bertz CT molecular complexity index is 428. The molecule has 0 saturated carbocycles. The highest BCUT2D eigenvalue weighted by Crippen LogP contribution is 1.99. The highest BCUT2D eigenvalue weighted by Gasteiger charge is 2.09. The van der Waals surface area contributed by atoms with E-state index in [9.17, 15) is 4.79 Å². The first kappa shape index (κ1) is 14.6. The van der Waals surface area contributed by atoms with Crippen LogP contribution in [0.1, 0.15) is 5.56 Å². The van der Waals surface area contributed by atoms with E-state index in [0.717, 1.165) is 38.4 Å². The van der Waals surface area contributed by atoms with Crippen LogP contribution in [-0.2, 0) is 4.74 Å². The lowest BCUT2D eigenvalue weighted by molar-refractivity contribution is 0.0387. The maximum Gasteiger partial charge on any atom is 0.318 e. The number of carbonyl (C=O) groups excluding carboxylic acids is 1. The molecule has 1 aliphatic heterocycles. The minimum atomic E-state index is -0.176. The summed E-state index contributed by atoms with van der Waals surface area (Å²) in [6, 6.07) is 9.67. The molecule has 5 heteroatoms. The first-order chi connectivity index (χ1) is 9.84. The Labute approximate surface area is 119 Å². The molecule has 2 amide bonds. The maximum absolute atomic E-state index is 11.6. The summed E-state index contributed by atoms with van der Waals surface area (Å²) in [7, 11) is 0. The van der Waals surface area contributed by atoms with Gasteiger partial charge < -0.3 is 15.4 Å². The molecule has 0 unspecified atom stereocenters. The summed E-state index contributed by atoms with van der Waals surface area (Å²) in [6.45, 7) is 4.95. The maximum atomic E-state index is 11.6. The van der Waals surface area contributed by atoms with Crippen LogP contribution in [0.3, 0.4) is 0 Å². The average molecular weight is 275 g/mol. The van der Waals surface area contributed by atoms with Gasteiger partial charge >= 0.3 is 6.03 Å². The summed E-state index contributed by atoms with van der Waals surface area (Å²) in [5, 5.41) is 5.53. The molecule has 1 aliphatic rings. The molecule has 1 fully saturated rings. The number of hydrogen-bond donors (Lipinski definition) is 2. The SMILES string of the molecule is O=C(N/C=C/c1ccccc1)NCCN1CCOCC1. The van der Waals surface area contributed by atoms with E-state index in [0.29, 0.717) is 6.54 Å². The molecule has 2 N–H and O–H groups in total. The molecular weight excluding hydrogens is 254 g/mol. The monoisotopic (exact) mass is 275 g/mol. The van der Waals surface area contributed by atoms with Crippen LogP contribution in [0.25, 0.3) is 6.08 Å². The topological polar surface area (TPSA) is 53.6 Å². The number of amides is 2. The zero-order chi connectivity index (χ0) is 14.0. The van der Waals surface area contributed by atoms with Gasteiger partial charge in [-0.15, -0.1) is 0 Å². The fraction of sp³-hybridized carbons (Fsp3) is 0.400. The molecule has 0 radical (unpaired) electrons. The Hall–Kier alpha value is -1.85. The Balaban J connectivity index is 1.59. The van der Waals surface area contributed by atoms with Crippen LogP contribution in [0.4, 0.5) is 4.79 Å². The second kappa shape index (κ2) is 8.35. The lowest BCUT2D eigenvalue weighted by atomic mass is 10.2. The van der Waals surface area contributed by atoms with Crippen LogP contribution in [-0.4, -0.2) is 50.3 Å². The minimum absolute atomic E-state index is 0.176. The van der Waals surface area contributed by atoms with Crippen molar-refractivity contribution in [3.05, 3.63) is 42.1 Å². The average Bonchev–Trinajstić information content (AvgIpc) is 2.49. The molecule has 0 spiro atoms. The third-order valence-corrected chi connectivity index (χ3v) is 3.11. The summed E-state index contributed by atoms with van der Waals surface area (Å²) in [5.74, 6) is 0. The summed E-state index contributed by atoms with van der Waals surface area (Å²) >= 11 is 0. The van der Waals surface area contributed by atoms with E-state index in [2.05, 4.69) is 15.5 Å². The summed E-state index contributed by atoms with van der Waals surface area (Å²) in [6.07, 6.45) is 3.51. The fourth-order valence-corrected chi connectivity index (χ4v) is 1.98. The van der Waals surface area contributed by atoms with E-state index in [1.165, 1.54) is 0 Å². The van der Waals surface area contributed by atoms with Crippen LogP contribution in [0.5, 0.6) is 0 Å². The highest BCUT2D eigenvalue weighted by atomic mass is 16.5. The van der Waals surface area contributed by atoms with E-state index in [4.69, 9.17) is 4.74 Å². The number of nitrogens with one attached hydrogen (secondary N) is 2. The van der Waals surface area contributed by atoms with Gasteiger partial charge in [-0.05, 0) is 11.6 Å². The number of ether oxygens (including phenoxy) is 1. The molecular formula is C15H21N3O2. The van der Waals surface area contributed by atoms with Crippen LogP contribution < -0.4 is 10.6 Å². The van der Waals surface area contributed by atoms with Crippen molar-refractivity contribution in [1.82, 2.24) is 15.5 Å². The molecule has 1 heterocycles. The van der Waals surface area contributed by atoms with Gasteiger partial charge in [-0.25, -0.2) is 4.79 Å². The molecule has 5 nitrogen and oxygen atoms in total. The largest absolute Gasteiger partial charge is 0.379 e. The van der Waals surface area contributed by atoms with E-state index in [1.54, 1.807) is 6.20 Å². The molecule has 0 aliphatic carbocycles. The van der Waals surface area contributed by atoms with Gasteiger partial charge in [-0.3, -0.25) is 4.90 Å². The summed E-state index contributed by atoms with van der Waals surface area (Å²) < 4.78 is 5.27. The van der Waals surface area contributed by atoms with Gasteiger partial charge in [0.1, 0.15) is 0 Å². The Morgan fingerprint density at radius 1 is 1.25 bits per heavy atom. The van der Waals surface area contributed by atoms with Crippen LogP contribution in [0.2, 0.25) is 0 Å². The standard InChI is InChI=1S/C15H21N3O2/c19-15(16-7-6-14-4-2-1-3-5-14)17-8-9-18-10-12-20-13-11-18/h1-7H,8-13H2,(H2,16,17,19)/b7-6+. The predicted octanol–water partition coefficient (Wildman–Crippen LogP) is 1.29. The predicted molar refractivity (Wildman–Crippen MR) is 79.3 cm³/mol. The van der Waals surface area contributed by atoms with Crippen molar-refractivity contribution < 1.29 is 9.53 Å². The first-order valence-electron chi connectivity index (χ1n) is 6.91. The molecule has 0 atom stereocenters. The highest BCUT2D eigenvalue weighted by molar-refractivity contribution is 5.75. The summed E-state index contributed by atoms with van der Waals surface area (Å²) in [5.41, 5.74) is 1.06. The molecule has 0 bridgehead atoms. The molecule has 1 aromatic rings. The van der Waals surface area contributed by atoms with Gasteiger partial charge in [0.05, 0.1) is 13.2 Å². The number of carbonyl (C=O) groups is 1. The third-order valence-electron chi connectivity index (χ3n) is 3.11. The first-order valence-corrected chi connectivity index (χ1v) is 6.91. The Kier molecular flexibility index (Phi) is 6.07. The van der Waals surface area contributed by atoms with E-state index >= 15 is 0 Å². The third kappa shape index (κ3) is 5.42. The van der Waals surface area contributed by atoms with Gasteiger partial charge in [0.25, 0.3) is 0 Å². The lowest BCUT2D eigenvalue weighted by Crippen LogP contribution is -2.42. The van der Waals surface area contributed by atoms with Crippen molar-refractivity contribution in [3.8, 4) is 0 Å². The molecule has 2 rings (SSSR count).